The number of halogens is 2. The van der Waals surface area contributed by atoms with Crippen LogP contribution in [0, 0.1) is 11.6 Å². The molecule has 1 saturated heterocycles. The fourth-order valence-corrected chi connectivity index (χ4v) is 5.46. The Morgan fingerprint density at radius 2 is 1.26 bits per heavy atom. The first kappa shape index (κ1) is 24.5. The number of sulfonamides is 1. The van der Waals surface area contributed by atoms with E-state index < -0.39 is 51.5 Å². The molecule has 3 aromatic carbocycles. The normalized spacial score (nSPS) is 19.2. The smallest absolute Gasteiger partial charge is 0.242 e. The van der Waals surface area contributed by atoms with Gasteiger partial charge >= 0.3 is 0 Å². The van der Waals surface area contributed by atoms with Crippen LogP contribution in [0.4, 0.5) is 8.78 Å². The molecule has 35 heavy (non-hydrogen) atoms. The Balaban J connectivity index is 1.74. The molecule has 2 N–H and O–H groups in total. The van der Waals surface area contributed by atoms with Gasteiger partial charge in [-0.2, -0.15) is 4.72 Å². The predicted octanol–water partition coefficient (Wildman–Crippen LogP) is 3.62. The van der Waals surface area contributed by atoms with Crippen LogP contribution in [0.1, 0.15) is 36.3 Å². The third kappa shape index (κ3) is 4.80. The van der Waals surface area contributed by atoms with Crippen LogP contribution in [0.2, 0.25) is 0 Å². The third-order valence-electron chi connectivity index (χ3n) is 5.94. The fourth-order valence-electron chi connectivity index (χ4n) is 4.20. The van der Waals surface area contributed by atoms with E-state index in [0.717, 1.165) is 29.2 Å². The van der Waals surface area contributed by atoms with Gasteiger partial charge in [0.25, 0.3) is 0 Å². The van der Waals surface area contributed by atoms with E-state index >= 15 is 0 Å². The third-order valence-corrected chi connectivity index (χ3v) is 7.41. The number of phenolic OH excluding ortho intramolecular Hbond substituents is 1. The number of nitrogens with zero attached hydrogens (tertiary/aromatic N) is 1. The summed E-state index contributed by atoms with van der Waals surface area (Å²) in [5.41, 5.74) is 0.829. The van der Waals surface area contributed by atoms with E-state index in [1.807, 2.05) is 0 Å². The van der Waals surface area contributed by atoms with Crippen molar-refractivity contribution >= 4 is 21.8 Å². The number of likely N-dealkylation sites (tertiary alicyclic amines) is 1. The number of rotatable bonds is 7. The number of aromatic hydroxyl groups is 1. The molecule has 3 atom stereocenters. The summed E-state index contributed by atoms with van der Waals surface area (Å²) in [6, 6.07) is 15.1. The molecule has 182 valence electrons. The Kier molecular flexibility index (Phi) is 6.68. The van der Waals surface area contributed by atoms with Crippen molar-refractivity contribution in [2.75, 3.05) is 0 Å². The van der Waals surface area contributed by atoms with Crippen molar-refractivity contribution in [3.05, 3.63) is 95.6 Å². The monoisotopic (exact) mass is 500 g/mol. The molecule has 0 radical (unpaired) electrons. The van der Waals surface area contributed by atoms with E-state index in [1.165, 1.54) is 48.5 Å². The van der Waals surface area contributed by atoms with E-state index in [-0.39, 0.29) is 17.1 Å². The minimum Gasteiger partial charge on any atom is -0.508 e. The van der Waals surface area contributed by atoms with Crippen molar-refractivity contribution in [2.24, 2.45) is 0 Å². The summed E-state index contributed by atoms with van der Waals surface area (Å²) in [7, 11) is -4.19. The number of nitrogens with one attached hydrogen (secondary N) is 1. The second-order valence-corrected chi connectivity index (χ2v) is 9.86. The van der Waals surface area contributed by atoms with Crippen LogP contribution in [0.15, 0.2) is 77.7 Å². The standard InChI is InChI=1S/C25H22F2N2O5S/c1-2-21(28-35(33,34)20-13-9-18(27)10-14-20)29-24(31)22(15-3-7-17(26)8-4-15)23(25(29)32)16-5-11-19(30)12-6-16/h3-14,21-23,28,30H,2H2,1H3. The predicted molar refractivity (Wildman–Crippen MR) is 123 cm³/mol. The summed E-state index contributed by atoms with van der Waals surface area (Å²) >= 11 is 0. The highest BCUT2D eigenvalue weighted by Gasteiger charge is 2.51. The van der Waals surface area contributed by atoms with Crippen LogP contribution in [0.5, 0.6) is 5.75 Å². The quantitative estimate of drug-likeness (QED) is 0.483. The fraction of sp³-hybridized carbons (Fsp3) is 0.200. The summed E-state index contributed by atoms with van der Waals surface area (Å²) in [6.45, 7) is 1.61. The zero-order chi connectivity index (χ0) is 25.3. The van der Waals surface area contributed by atoms with Gasteiger partial charge in [-0.3, -0.25) is 14.5 Å². The number of benzene rings is 3. The van der Waals surface area contributed by atoms with Crippen LogP contribution < -0.4 is 4.72 Å². The summed E-state index contributed by atoms with van der Waals surface area (Å²) < 4.78 is 55.0. The van der Waals surface area contributed by atoms with E-state index in [4.69, 9.17) is 0 Å². The van der Waals surface area contributed by atoms with Gasteiger partial charge in [-0.1, -0.05) is 31.2 Å². The van der Waals surface area contributed by atoms with Crippen molar-refractivity contribution in [1.29, 1.82) is 0 Å². The molecule has 0 saturated carbocycles. The first-order chi connectivity index (χ1) is 16.6. The van der Waals surface area contributed by atoms with E-state index in [0.29, 0.717) is 11.1 Å². The molecule has 7 nitrogen and oxygen atoms in total. The molecule has 1 heterocycles. The molecule has 0 spiro atoms. The number of hydrogen-bond acceptors (Lipinski definition) is 5. The van der Waals surface area contributed by atoms with Crippen molar-refractivity contribution in [3.63, 3.8) is 0 Å². The van der Waals surface area contributed by atoms with E-state index in [1.54, 1.807) is 6.92 Å². The lowest BCUT2D eigenvalue weighted by atomic mass is 9.83. The molecule has 0 aliphatic carbocycles. The maximum absolute atomic E-state index is 13.6. The number of phenols is 1. The Labute approximate surface area is 201 Å². The van der Waals surface area contributed by atoms with Crippen LogP contribution in [0.25, 0.3) is 0 Å². The van der Waals surface area contributed by atoms with E-state index in [9.17, 15) is 31.9 Å². The molecular formula is C25H22F2N2O5S. The SMILES string of the molecule is CCC(NS(=O)(=O)c1ccc(F)cc1)N1C(=O)C(c2ccc(O)cc2)C(c2ccc(F)cc2)C1=O. The molecule has 1 fully saturated rings. The molecule has 1 aliphatic heterocycles. The Morgan fingerprint density at radius 1 is 0.829 bits per heavy atom. The maximum atomic E-state index is 13.6. The highest BCUT2D eigenvalue weighted by atomic mass is 32.2. The van der Waals surface area contributed by atoms with Crippen LogP contribution >= 0.6 is 0 Å². The molecule has 2 amide bonds. The molecule has 0 bridgehead atoms. The second kappa shape index (κ2) is 9.55. The van der Waals surface area contributed by atoms with Crippen molar-refractivity contribution < 1.29 is 31.9 Å². The van der Waals surface area contributed by atoms with Gasteiger partial charge in [0.1, 0.15) is 23.5 Å². The zero-order valence-corrected chi connectivity index (χ0v) is 19.4. The first-order valence-electron chi connectivity index (χ1n) is 10.8. The summed E-state index contributed by atoms with van der Waals surface area (Å²) in [5.74, 6) is -4.48. The molecule has 0 aromatic heterocycles. The summed E-state index contributed by atoms with van der Waals surface area (Å²) in [4.78, 5) is 27.9. The van der Waals surface area contributed by atoms with Gasteiger partial charge in [0.15, 0.2) is 0 Å². The first-order valence-corrected chi connectivity index (χ1v) is 12.3. The molecule has 4 rings (SSSR count). The van der Waals surface area contributed by atoms with Gasteiger partial charge in [-0.25, -0.2) is 17.2 Å². The topological polar surface area (TPSA) is 104 Å². The minimum absolute atomic E-state index is 0.0285. The van der Waals surface area contributed by atoms with Crippen LogP contribution in [0.3, 0.4) is 0 Å². The summed E-state index contributed by atoms with van der Waals surface area (Å²) in [5, 5.41) is 9.66. The van der Waals surface area contributed by atoms with Crippen molar-refractivity contribution in [3.8, 4) is 5.75 Å². The lowest BCUT2D eigenvalue weighted by Gasteiger charge is -2.26. The van der Waals surface area contributed by atoms with Gasteiger partial charge in [0.2, 0.25) is 21.8 Å². The Bertz CT molecular complexity index is 1280. The van der Waals surface area contributed by atoms with Crippen molar-refractivity contribution in [1.82, 2.24) is 9.62 Å². The summed E-state index contributed by atoms with van der Waals surface area (Å²) in [6.07, 6.45) is -1.15. The molecule has 3 aromatic rings. The second-order valence-electron chi connectivity index (χ2n) is 8.14. The number of carbonyl (C=O) groups is 2. The molecule has 3 unspecified atom stereocenters. The number of carbonyl (C=O) groups excluding carboxylic acids is 2. The average molecular weight is 501 g/mol. The molecule has 1 aliphatic rings. The maximum Gasteiger partial charge on any atom is 0.242 e. The lowest BCUT2D eigenvalue weighted by Crippen LogP contribution is -2.50. The number of amides is 2. The molecular weight excluding hydrogens is 478 g/mol. The average Bonchev–Trinajstić information content (AvgIpc) is 3.09. The van der Waals surface area contributed by atoms with Crippen LogP contribution in [-0.4, -0.2) is 36.4 Å². The van der Waals surface area contributed by atoms with Gasteiger partial charge < -0.3 is 5.11 Å². The number of imide groups is 1. The minimum atomic E-state index is -4.19. The largest absolute Gasteiger partial charge is 0.508 e. The highest BCUT2D eigenvalue weighted by molar-refractivity contribution is 7.89. The van der Waals surface area contributed by atoms with Gasteiger partial charge in [0, 0.05) is 0 Å². The Hall–Kier alpha value is -3.63. The molecule has 10 heteroatoms. The Morgan fingerprint density at radius 3 is 1.71 bits per heavy atom. The zero-order valence-electron chi connectivity index (χ0n) is 18.6. The number of hydrogen-bond donors (Lipinski definition) is 2. The van der Waals surface area contributed by atoms with Gasteiger partial charge in [-0.05, 0) is 66.1 Å². The van der Waals surface area contributed by atoms with Crippen LogP contribution in [-0.2, 0) is 19.6 Å². The lowest BCUT2D eigenvalue weighted by molar-refractivity contribution is -0.142. The highest BCUT2D eigenvalue weighted by Crippen LogP contribution is 2.43. The van der Waals surface area contributed by atoms with E-state index in [2.05, 4.69) is 4.72 Å². The van der Waals surface area contributed by atoms with Crippen molar-refractivity contribution in [2.45, 2.75) is 36.2 Å². The van der Waals surface area contributed by atoms with Gasteiger partial charge in [0.05, 0.1) is 16.7 Å². The van der Waals surface area contributed by atoms with Gasteiger partial charge in [-0.15, -0.1) is 0 Å².